The summed E-state index contributed by atoms with van der Waals surface area (Å²) >= 11 is 7.27. The molecule has 0 unspecified atom stereocenters. The van der Waals surface area contributed by atoms with E-state index < -0.39 is 11.9 Å². The van der Waals surface area contributed by atoms with Gasteiger partial charge in [-0.1, -0.05) is 29.8 Å². The average Bonchev–Trinajstić information content (AvgIpc) is 3.21. The quantitative estimate of drug-likeness (QED) is 0.424. The van der Waals surface area contributed by atoms with Crippen molar-refractivity contribution in [3.8, 4) is 28.4 Å². The van der Waals surface area contributed by atoms with Crippen LogP contribution in [0.5, 0.6) is 17.2 Å². The second-order valence-corrected chi connectivity index (χ2v) is 7.70. The number of thiophene rings is 1. The molecular weight excluding hydrogens is 454 g/mol. The topological polar surface area (TPSA) is 83.1 Å². The summed E-state index contributed by atoms with van der Waals surface area (Å²) in [6.45, 7) is 1.65. The molecule has 9 heteroatoms. The normalized spacial score (nSPS) is 10.4. The zero-order valence-corrected chi connectivity index (χ0v) is 19.3. The number of methoxy groups -OCH3 is 2. The van der Waals surface area contributed by atoms with Crippen molar-refractivity contribution in [1.82, 2.24) is 0 Å². The molecule has 7 nitrogen and oxygen atoms in total. The van der Waals surface area contributed by atoms with Gasteiger partial charge in [0.15, 0.2) is 18.1 Å². The third-order valence-corrected chi connectivity index (χ3v) is 5.62. The van der Waals surface area contributed by atoms with Gasteiger partial charge in [-0.05, 0) is 36.8 Å². The fourth-order valence-corrected chi connectivity index (χ4v) is 4.10. The molecule has 2 aromatic carbocycles. The first-order valence-electron chi connectivity index (χ1n) is 9.66. The average molecular weight is 476 g/mol. The van der Waals surface area contributed by atoms with Crippen LogP contribution < -0.4 is 19.5 Å². The Labute approximate surface area is 194 Å². The summed E-state index contributed by atoms with van der Waals surface area (Å²) in [6, 6.07) is 12.2. The van der Waals surface area contributed by atoms with Crippen LogP contribution in [0.2, 0.25) is 5.02 Å². The summed E-state index contributed by atoms with van der Waals surface area (Å²) in [5, 5.41) is 5.28. The second kappa shape index (κ2) is 10.9. The van der Waals surface area contributed by atoms with Gasteiger partial charge in [0.2, 0.25) is 0 Å². The maximum absolute atomic E-state index is 12.7. The van der Waals surface area contributed by atoms with Gasteiger partial charge in [-0.15, -0.1) is 11.3 Å². The molecule has 3 aromatic rings. The first kappa shape index (κ1) is 23.4. The largest absolute Gasteiger partial charge is 0.493 e. The summed E-state index contributed by atoms with van der Waals surface area (Å²) in [6.07, 6.45) is 0. The van der Waals surface area contributed by atoms with E-state index in [2.05, 4.69) is 5.32 Å². The van der Waals surface area contributed by atoms with Gasteiger partial charge in [-0.3, -0.25) is 4.79 Å². The van der Waals surface area contributed by atoms with E-state index in [0.717, 1.165) is 5.56 Å². The molecule has 32 heavy (non-hydrogen) atoms. The van der Waals surface area contributed by atoms with Gasteiger partial charge < -0.3 is 24.3 Å². The molecule has 0 aliphatic heterocycles. The van der Waals surface area contributed by atoms with E-state index in [9.17, 15) is 9.59 Å². The van der Waals surface area contributed by atoms with Crippen LogP contribution in [0, 0.1) is 0 Å². The maximum Gasteiger partial charge on any atom is 0.341 e. The number of carbonyl (C=O) groups is 2. The minimum Gasteiger partial charge on any atom is -0.493 e. The Morgan fingerprint density at radius 2 is 1.78 bits per heavy atom. The molecule has 0 aliphatic rings. The van der Waals surface area contributed by atoms with Crippen molar-refractivity contribution in [3.05, 3.63) is 58.4 Å². The van der Waals surface area contributed by atoms with Gasteiger partial charge in [-0.2, -0.15) is 0 Å². The van der Waals surface area contributed by atoms with Crippen molar-refractivity contribution < 1.29 is 28.5 Å². The molecule has 0 saturated heterocycles. The predicted octanol–water partition coefficient (Wildman–Crippen LogP) is 5.28. The SMILES string of the molecule is CCOC(=O)c1c(-c2ccc(OC)c(OC)c2)csc1NC(=O)COc1ccccc1Cl. The molecule has 0 fully saturated rings. The Kier molecular flexibility index (Phi) is 7.97. The summed E-state index contributed by atoms with van der Waals surface area (Å²) < 4.78 is 21.4. The Balaban J connectivity index is 1.87. The minimum atomic E-state index is -0.541. The Morgan fingerprint density at radius 1 is 1.03 bits per heavy atom. The number of hydrogen-bond acceptors (Lipinski definition) is 7. The lowest BCUT2D eigenvalue weighted by Crippen LogP contribution is -2.21. The van der Waals surface area contributed by atoms with E-state index in [1.165, 1.54) is 18.4 Å². The predicted molar refractivity (Wildman–Crippen MR) is 124 cm³/mol. The van der Waals surface area contributed by atoms with Gasteiger partial charge in [0.1, 0.15) is 16.3 Å². The maximum atomic E-state index is 12.7. The zero-order valence-electron chi connectivity index (χ0n) is 17.8. The first-order valence-corrected chi connectivity index (χ1v) is 10.9. The molecular formula is C23H22ClNO6S. The van der Waals surface area contributed by atoms with Gasteiger partial charge in [-0.25, -0.2) is 4.79 Å². The Hall–Kier alpha value is -3.23. The van der Waals surface area contributed by atoms with E-state index in [-0.39, 0.29) is 18.8 Å². The van der Waals surface area contributed by atoms with E-state index in [1.54, 1.807) is 61.9 Å². The van der Waals surface area contributed by atoms with Crippen molar-refractivity contribution >= 4 is 39.8 Å². The fraction of sp³-hybridized carbons (Fsp3) is 0.217. The highest BCUT2D eigenvalue weighted by Gasteiger charge is 2.23. The van der Waals surface area contributed by atoms with Crippen LogP contribution >= 0.6 is 22.9 Å². The van der Waals surface area contributed by atoms with E-state index in [0.29, 0.717) is 32.8 Å². The number of ether oxygens (including phenoxy) is 4. The van der Waals surface area contributed by atoms with Crippen molar-refractivity contribution in [3.63, 3.8) is 0 Å². The molecule has 0 saturated carbocycles. The van der Waals surface area contributed by atoms with Gasteiger partial charge in [0, 0.05) is 10.9 Å². The van der Waals surface area contributed by atoms with Gasteiger partial charge in [0.05, 0.1) is 25.8 Å². The number of esters is 1. The number of para-hydroxylation sites is 1. The highest BCUT2D eigenvalue weighted by Crippen LogP contribution is 2.39. The lowest BCUT2D eigenvalue weighted by atomic mass is 10.0. The molecule has 3 rings (SSSR count). The number of rotatable bonds is 9. The van der Waals surface area contributed by atoms with E-state index >= 15 is 0 Å². The molecule has 0 radical (unpaired) electrons. The Bertz CT molecular complexity index is 1110. The van der Waals surface area contributed by atoms with Crippen LogP contribution in [-0.4, -0.2) is 39.3 Å². The first-order chi connectivity index (χ1) is 15.5. The minimum absolute atomic E-state index is 0.197. The van der Waals surface area contributed by atoms with Crippen LogP contribution in [0.3, 0.4) is 0 Å². The third kappa shape index (κ3) is 5.33. The number of nitrogens with one attached hydrogen (secondary N) is 1. The van der Waals surface area contributed by atoms with Crippen LogP contribution in [0.1, 0.15) is 17.3 Å². The van der Waals surface area contributed by atoms with Crippen LogP contribution in [0.25, 0.3) is 11.1 Å². The highest BCUT2D eigenvalue weighted by molar-refractivity contribution is 7.15. The molecule has 0 aliphatic carbocycles. The summed E-state index contributed by atoms with van der Waals surface area (Å²) in [5.74, 6) is 0.503. The Morgan fingerprint density at radius 3 is 2.47 bits per heavy atom. The lowest BCUT2D eigenvalue weighted by molar-refractivity contribution is -0.118. The fourth-order valence-electron chi connectivity index (χ4n) is 2.94. The molecule has 168 valence electrons. The molecule has 1 aromatic heterocycles. The number of hydrogen-bond donors (Lipinski definition) is 1. The van der Waals surface area contributed by atoms with Crippen molar-refractivity contribution in [1.29, 1.82) is 0 Å². The number of anilines is 1. The monoisotopic (exact) mass is 475 g/mol. The number of carbonyl (C=O) groups excluding carboxylic acids is 2. The van der Waals surface area contributed by atoms with Gasteiger partial charge >= 0.3 is 5.97 Å². The molecule has 0 bridgehead atoms. The molecule has 1 N–H and O–H groups in total. The summed E-state index contributed by atoms with van der Waals surface area (Å²) in [7, 11) is 3.08. The number of benzene rings is 2. The van der Waals surface area contributed by atoms with Gasteiger partial charge in [0.25, 0.3) is 5.91 Å². The number of amides is 1. The standard InChI is InChI=1S/C23H22ClNO6S/c1-4-30-23(27)21-15(14-9-10-18(28-2)19(11-14)29-3)13-32-22(21)25-20(26)12-31-17-8-6-5-7-16(17)24/h5-11,13H,4,12H2,1-3H3,(H,25,26). The highest BCUT2D eigenvalue weighted by atomic mass is 35.5. The van der Waals surface area contributed by atoms with Crippen molar-refractivity contribution in [2.45, 2.75) is 6.92 Å². The smallest absolute Gasteiger partial charge is 0.341 e. The zero-order chi connectivity index (χ0) is 23.1. The van der Waals surface area contributed by atoms with Crippen molar-refractivity contribution in [2.24, 2.45) is 0 Å². The van der Waals surface area contributed by atoms with Crippen LogP contribution in [0.15, 0.2) is 47.8 Å². The molecule has 1 amide bonds. The summed E-state index contributed by atoms with van der Waals surface area (Å²) in [5.41, 5.74) is 1.58. The molecule has 0 spiro atoms. The summed E-state index contributed by atoms with van der Waals surface area (Å²) in [4.78, 5) is 25.2. The van der Waals surface area contributed by atoms with Crippen molar-refractivity contribution in [2.75, 3.05) is 32.8 Å². The molecule has 0 atom stereocenters. The van der Waals surface area contributed by atoms with Crippen LogP contribution in [-0.2, 0) is 9.53 Å². The third-order valence-electron chi connectivity index (χ3n) is 4.41. The lowest BCUT2D eigenvalue weighted by Gasteiger charge is -2.12. The number of halogens is 1. The second-order valence-electron chi connectivity index (χ2n) is 6.41. The van der Waals surface area contributed by atoms with E-state index in [4.69, 9.17) is 30.5 Å². The molecule has 1 heterocycles. The van der Waals surface area contributed by atoms with E-state index in [1.807, 2.05) is 0 Å². The van der Waals surface area contributed by atoms with Crippen LogP contribution in [0.4, 0.5) is 5.00 Å².